The van der Waals surface area contributed by atoms with Crippen molar-refractivity contribution in [2.24, 2.45) is 5.41 Å². The van der Waals surface area contributed by atoms with Crippen molar-refractivity contribution in [2.75, 3.05) is 7.11 Å². The van der Waals surface area contributed by atoms with Crippen LogP contribution in [0.25, 0.3) is 0 Å². The molecule has 0 atom stereocenters. The number of fused-ring (bicyclic) bond motifs is 1. The zero-order valence-electron chi connectivity index (χ0n) is 13.6. The Morgan fingerprint density at radius 3 is 2.74 bits per heavy atom. The molecule has 0 saturated carbocycles. The van der Waals surface area contributed by atoms with Gasteiger partial charge in [-0.3, -0.25) is 4.79 Å². The van der Waals surface area contributed by atoms with Crippen molar-refractivity contribution < 1.29 is 9.53 Å². The number of hydrogen-bond acceptors (Lipinski definition) is 3. The predicted octanol–water partition coefficient (Wildman–Crippen LogP) is 3.65. The molecule has 3 heteroatoms. The van der Waals surface area contributed by atoms with Crippen molar-refractivity contribution in [3.05, 3.63) is 58.9 Å². The Bertz CT molecular complexity index is 825. The molecule has 0 unspecified atom stereocenters. The predicted molar refractivity (Wildman–Crippen MR) is 89.6 cm³/mol. The summed E-state index contributed by atoms with van der Waals surface area (Å²) in [6, 6.07) is 11.3. The highest BCUT2D eigenvalue weighted by Gasteiger charge is 2.31. The first-order valence-electron chi connectivity index (χ1n) is 7.66. The molecule has 0 bridgehead atoms. The molecule has 0 N–H and O–H groups in total. The van der Waals surface area contributed by atoms with Crippen molar-refractivity contribution in [1.29, 1.82) is 0 Å². The summed E-state index contributed by atoms with van der Waals surface area (Å²) in [4.78, 5) is 16.8. The first-order valence-corrected chi connectivity index (χ1v) is 7.66. The Morgan fingerprint density at radius 2 is 1.96 bits per heavy atom. The number of ketones is 1. The molecule has 0 radical (unpaired) electrons. The number of carbonyl (C=O) groups is 1. The first-order chi connectivity index (χ1) is 11.0. The zero-order valence-corrected chi connectivity index (χ0v) is 13.6. The minimum Gasteiger partial charge on any atom is -0.497 e. The van der Waals surface area contributed by atoms with Crippen LogP contribution in [0, 0.1) is 17.3 Å². The van der Waals surface area contributed by atoms with E-state index in [0.717, 1.165) is 29.0 Å². The van der Waals surface area contributed by atoms with Gasteiger partial charge in [-0.15, -0.1) is 0 Å². The molecule has 0 aliphatic heterocycles. The maximum atomic E-state index is 12.2. The smallest absolute Gasteiger partial charge is 0.165 e. The third-order valence-corrected chi connectivity index (χ3v) is 3.96. The summed E-state index contributed by atoms with van der Waals surface area (Å²) in [6.45, 7) is 4.20. The van der Waals surface area contributed by atoms with Crippen LogP contribution in [-0.4, -0.2) is 17.9 Å². The third kappa shape index (κ3) is 3.43. The molecule has 1 aliphatic carbocycles. The third-order valence-electron chi connectivity index (χ3n) is 3.96. The normalized spacial score (nSPS) is 15.3. The van der Waals surface area contributed by atoms with Crippen LogP contribution in [-0.2, 0) is 6.42 Å². The lowest BCUT2D eigenvalue weighted by molar-refractivity contribution is 0.0910. The second kappa shape index (κ2) is 5.89. The standard InChI is InChI=1S/C20H19NO2/c1-20(2)12-18-17(19(22)13-20)10-9-15(21-18)8-7-14-5-4-6-16(11-14)23-3/h4-6,9-11H,12-13H2,1-3H3. The zero-order chi connectivity index (χ0) is 16.4. The number of nitrogens with zero attached hydrogens (tertiary/aromatic N) is 1. The molecular weight excluding hydrogens is 286 g/mol. The van der Waals surface area contributed by atoms with Gasteiger partial charge < -0.3 is 4.74 Å². The molecule has 1 heterocycles. The summed E-state index contributed by atoms with van der Waals surface area (Å²) >= 11 is 0. The lowest BCUT2D eigenvalue weighted by Gasteiger charge is -2.29. The molecular formula is C20H19NO2. The molecule has 3 nitrogen and oxygen atoms in total. The lowest BCUT2D eigenvalue weighted by atomic mass is 9.75. The maximum absolute atomic E-state index is 12.2. The van der Waals surface area contributed by atoms with E-state index < -0.39 is 0 Å². The van der Waals surface area contributed by atoms with E-state index >= 15 is 0 Å². The van der Waals surface area contributed by atoms with E-state index in [1.807, 2.05) is 36.4 Å². The van der Waals surface area contributed by atoms with Crippen LogP contribution in [0.4, 0.5) is 0 Å². The van der Waals surface area contributed by atoms with E-state index in [1.165, 1.54) is 0 Å². The van der Waals surface area contributed by atoms with E-state index in [0.29, 0.717) is 12.1 Å². The first kappa shape index (κ1) is 15.3. The van der Waals surface area contributed by atoms with Crippen LogP contribution in [0.3, 0.4) is 0 Å². The van der Waals surface area contributed by atoms with Crippen LogP contribution >= 0.6 is 0 Å². The molecule has 0 saturated heterocycles. The van der Waals surface area contributed by atoms with E-state index in [2.05, 4.69) is 30.7 Å². The Kier molecular flexibility index (Phi) is 3.92. The van der Waals surface area contributed by atoms with Gasteiger partial charge in [0.2, 0.25) is 0 Å². The van der Waals surface area contributed by atoms with Gasteiger partial charge in [0.05, 0.1) is 12.8 Å². The molecule has 0 spiro atoms. The van der Waals surface area contributed by atoms with Crippen LogP contribution in [0.2, 0.25) is 0 Å². The minimum atomic E-state index is -0.0318. The average molecular weight is 305 g/mol. The summed E-state index contributed by atoms with van der Waals surface area (Å²) in [5, 5.41) is 0. The van der Waals surface area contributed by atoms with E-state index in [9.17, 15) is 4.79 Å². The SMILES string of the molecule is COc1cccc(C#Cc2ccc3c(n2)CC(C)(C)CC3=O)c1. The quantitative estimate of drug-likeness (QED) is 0.755. The number of rotatable bonds is 1. The number of Topliss-reactive ketones (excluding diaryl/α,β-unsaturated/α-hetero) is 1. The van der Waals surface area contributed by atoms with Crippen molar-refractivity contribution >= 4 is 5.78 Å². The summed E-state index contributed by atoms with van der Waals surface area (Å²) in [6.07, 6.45) is 1.39. The van der Waals surface area contributed by atoms with Gasteiger partial charge >= 0.3 is 0 Å². The average Bonchev–Trinajstić information content (AvgIpc) is 2.51. The van der Waals surface area contributed by atoms with E-state index in [4.69, 9.17) is 4.74 Å². The number of hydrogen-bond donors (Lipinski definition) is 0. The van der Waals surface area contributed by atoms with Gasteiger partial charge in [-0.05, 0) is 48.1 Å². The molecule has 23 heavy (non-hydrogen) atoms. The Hall–Kier alpha value is -2.60. The van der Waals surface area contributed by atoms with Crippen molar-refractivity contribution in [2.45, 2.75) is 26.7 Å². The van der Waals surface area contributed by atoms with Gasteiger partial charge in [0.25, 0.3) is 0 Å². The second-order valence-corrected chi connectivity index (χ2v) is 6.61. The van der Waals surface area contributed by atoms with Crippen molar-refractivity contribution in [1.82, 2.24) is 4.98 Å². The van der Waals surface area contributed by atoms with Gasteiger partial charge in [0, 0.05) is 17.5 Å². The molecule has 1 aliphatic rings. The van der Waals surface area contributed by atoms with Crippen LogP contribution < -0.4 is 4.74 Å². The van der Waals surface area contributed by atoms with Crippen LogP contribution in [0.5, 0.6) is 5.75 Å². The van der Waals surface area contributed by atoms with Gasteiger partial charge in [0.15, 0.2) is 5.78 Å². The van der Waals surface area contributed by atoms with E-state index in [-0.39, 0.29) is 11.2 Å². The molecule has 1 aromatic carbocycles. The molecule has 2 aromatic rings. The van der Waals surface area contributed by atoms with Crippen LogP contribution in [0.15, 0.2) is 36.4 Å². The molecule has 0 fully saturated rings. The number of methoxy groups -OCH3 is 1. The van der Waals surface area contributed by atoms with Crippen molar-refractivity contribution in [3.8, 4) is 17.6 Å². The minimum absolute atomic E-state index is 0.0318. The van der Waals surface area contributed by atoms with Crippen LogP contribution in [0.1, 0.15) is 47.6 Å². The summed E-state index contributed by atoms with van der Waals surface area (Å²) in [7, 11) is 1.64. The number of carbonyl (C=O) groups excluding carboxylic acids is 1. The highest BCUT2D eigenvalue weighted by atomic mass is 16.5. The number of benzene rings is 1. The highest BCUT2D eigenvalue weighted by Crippen LogP contribution is 2.33. The fourth-order valence-electron chi connectivity index (χ4n) is 2.84. The van der Waals surface area contributed by atoms with E-state index in [1.54, 1.807) is 7.11 Å². The van der Waals surface area contributed by atoms with Gasteiger partial charge in [-0.1, -0.05) is 25.8 Å². The molecule has 0 amide bonds. The number of aromatic nitrogens is 1. The Morgan fingerprint density at radius 1 is 1.13 bits per heavy atom. The van der Waals surface area contributed by atoms with Crippen molar-refractivity contribution in [3.63, 3.8) is 0 Å². The largest absolute Gasteiger partial charge is 0.497 e. The number of pyridine rings is 1. The Balaban J connectivity index is 1.91. The monoisotopic (exact) mass is 305 g/mol. The summed E-state index contributed by atoms with van der Waals surface area (Å²) in [5.41, 5.74) is 3.15. The fourth-order valence-corrected chi connectivity index (χ4v) is 2.84. The highest BCUT2D eigenvalue weighted by molar-refractivity contribution is 5.98. The molecule has 1 aromatic heterocycles. The lowest BCUT2D eigenvalue weighted by Crippen LogP contribution is -2.28. The van der Waals surface area contributed by atoms with Gasteiger partial charge in [0.1, 0.15) is 11.4 Å². The van der Waals surface area contributed by atoms with Gasteiger partial charge in [-0.25, -0.2) is 4.98 Å². The topological polar surface area (TPSA) is 39.2 Å². The summed E-state index contributed by atoms with van der Waals surface area (Å²) < 4.78 is 5.20. The molecule has 3 rings (SSSR count). The molecule has 116 valence electrons. The number of ether oxygens (including phenoxy) is 1. The fraction of sp³-hybridized carbons (Fsp3) is 0.300. The summed E-state index contributed by atoms with van der Waals surface area (Å²) in [5.74, 6) is 7.13. The van der Waals surface area contributed by atoms with Gasteiger partial charge in [-0.2, -0.15) is 0 Å². The second-order valence-electron chi connectivity index (χ2n) is 6.61. The Labute approximate surface area is 136 Å². The maximum Gasteiger partial charge on any atom is 0.165 e.